The molecule has 2 aliphatic rings. The fourth-order valence-corrected chi connectivity index (χ4v) is 5.45. The number of aromatic nitrogens is 4. The van der Waals surface area contributed by atoms with Crippen molar-refractivity contribution in [3.63, 3.8) is 0 Å². The molecule has 0 bridgehead atoms. The Hall–Kier alpha value is -3.27. The van der Waals surface area contributed by atoms with Gasteiger partial charge in [-0.05, 0) is 32.6 Å². The van der Waals surface area contributed by atoms with Crippen molar-refractivity contribution >= 4 is 23.2 Å². The lowest BCUT2D eigenvalue weighted by Gasteiger charge is -2.56. The van der Waals surface area contributed by atoms with Gasteiger partial charge in [0.2, 0.25) is 11.8 Å². The van der Waals surface area contributed by atoms with Crippen molar-refractivity contribution in [2.24, 2.45) is 11.3 Å². The molecule has 10 heteroatoms. The molecule has 2 saturated heterocycles. The minimum atomic E-state index is -0.517. The third-order valence-corrected chi connectivity index (χ3v) is 7.19. The number of rotatable bonds is 6. The highest BCUT2D eigenvalue weighted by molar-refractivity contribution is 6.05. The minimum Gasteiger partial charge on any atom is -0.477 e. The van der Waals surface area contributed by atoms with Crippen LogP contribution in [0.2, 0.25) is 0 Å². The van der Waals surface area contributed by atoms with Crippen LogP contribution >= 0.6 is 0 Å². The van der Waals surface area contributed by atoms with Crippen LogP contribution in [-0.2, 0) is 0 Å². The number of halogens is 1. The first kappa shape index (κ1) is 23.5. The van der Waals surface area contributed by atoms with Crippen LogP contribution in [-0.4, -0.2) is 57.5 Å². The second-order valence-electron chi connectivity index (χ2n) is 9.92. The summed E-state index contributed by atoms with van der Waals surface area (Å²) in [5, 5.41) is 6.33. The molecule has 186 valence electrons. The predicted octanol–water partition coefficient (Wildman–Crippen LogP) is 3.44. The van der Waals surface area contributed by atoms with E-state index in [-0.39, 0.29) is 17.1 Å². The first-order valence-electron chi connectivity index (χ1n) is 12.2. The molecule has 2 N–H and O–H groups in total. The summed E-state index contributed by atoms with van der Waals surface area (Å²) >= 11 is 0. The first-order chi connectivity index (χ1) is 16.8. The van der Waals surface area contributed by atoms with Crippen molar-refractivity contribution in [2.75, 3.05) is 36.5 Å². The Labute approximate surface area is 204 Å². The summed E-state index contributed by atoms with van der Waals surface area (Å²) in [4.78, 5) is 28.4. The number of nitrogens with one attached hydrogen (secondary N) is 2. The van der Waals surface area contributed by atoms with Crippen LogP contribution < -0.4 is 20.3 Å². The predicted molar refractivity (Wildman–Crippen MR) is 132 cm³/mol. The lowest BCUT2D eigenvalue weighted by Crippen LogP contribution is -2.67. The maximum atomic E-state index is 14.4. The van der Waals surface area contributed by atoms with E-state index in [1.54, 1.807) is 23.7 Å². The Morgan fingerprint density at radius 3 is 2.74 bits per heavy atom. The Morgan fingerprint density at radius 2 is 2.09 bits per heavy atom. The Morgan fingerprint density at radius 1 is 1.31 bits per heavy atom. The van der Waals surface area contributed by atoms with Gasteiger partial charge in [0, 0.05) is 55.7 Å². The summed E-state index contributed by atoms with van der Waals surface area (Å²) < 4.78 is 21.7. The van der Waals surface area contributed by atoms with Crippen molar-refractivity contribution < 1.29 is 13.9 Å². The van der Waals surface area contributed by atoms with Gasteiger partial charge in [-0.15, -0.1) is 0 Å². The van der Waals surface area contributed by atoms with Crippen LogP contribution in [0.25, 0.3) is 5.65 Å². The number of fused-ring (bicyclic) bond motifs is 1. The molecular formula is C25H32FN7O2. The van der Waals surface area contributed by atoms with E-state index in [4.69, 9.17) is 4.74 Å². The van der Waals surface area contributed by atoms with Gasteiger partial charge in [0.25, 0.3) is 5.91 Å². The van der Waals surface area contributed by atoms with Crippen molar-refractivity contribution in [1.82, 2.24) is 24.7 Å². The van der Waals surface area contributed by atoms with Crippen LogP contribution in [0.1, 0.15) is 49.7 Å². The minimum absolute atomic E-state index is 0.203. The number of imidazole rings is 1. The molecule has 35 heavy (non-hydrogen) atoms. The number of aryl methyl sites for hydroxylation is 1. The number of amides is 1. The number of piperidine rings is 1. The molecule has 0 aliphatic carbocycles. The summed E-state index contributed by atoms with van der Waals surface area (Å²) in [6, 6.07) is 1.81. The molecule has 3 aromatic rings. The third-order valence-electron chi connectivity index (χ3n) is 7.19. The molecule has 1 amide bonds. The van der Waals surface area contributed by atoms with E-state index >= 15 is 0 Å². The summed E-state index contributed by atoms with van der Waals surface area (Å²) in [6.45, 7) is 11.3. The zero-order valence-corrected chi connectivity index (χ0v) is 20.6. The normalized spacial score (nSPS) is 19.3. The number of carbonyl (C=O) groups excluding carboxylic acids is 1. The Kier molecular flexibility index (Phi) is 6.08. The molecule has 0 radical (unpaired) electrons. The molecule has 1 atom stereocenters. The number of carbonyl (C=O) groups is 1. The lowest BCUT2D eigenvalue weighted by molar-refractivity contribution is 0.0232. The Balaban J connectivity index is 1.33. The molecule has 5 heterocycles. The van der Waals surface area contributed by atoms with Gasteiger partial charge in [-0.25, -0.2) is 14.4 Å². The number of anilines is 2. The second kappa shape index (κ2) is 9.07. The van der Waals surface area contributed by atoms with Crippen LogP contribution in [0.3, 0.4) is 0 Å². The lowest BCUT2D eigenvalue weighted by atomic mass is 9.63. The van der Waals surface area contributed by atoms with Crippen molar-refractivity contribution in [3.8, 4) is 5.88 Å². The SMILES string of the molecule is CCOc1nc(N2CCC3(CC2)CNC3C(C)C)ncc1C(=O)Nc1cc(F)c2nc(C)cn2c1. The van der Waals surface area contributed by atoms with Crippen molar-refractivity contribution in [2.45, 2.75) is 46.6 Å². The fourth-order valence-electron chi connectivity index (χ4n) is 5.45. The molecule has 5 rings (SSSR count). The van der Waals surface area contributed by atoms with Gasteiger partial charge >= 0.3 is 0 Å². The quantitative estimate of drug-likeness (QED) is 0.557. The number of ether oxygens (including phenoxy) is 1. The van der Waals surface area contributed by atoms with Gasteiger partial charge in [-0.1, -0.05) is 13.8 Å². The van der Waals surface area contributed by atoms with E-state index in [0.29, 0.717) is 41.3 Å². The average Bonchev–Trinajstić information content (AvgIpc) is 3.19. The topological polar surface area (TPSA) is 96.7 Å². The zero-order valence-electron chi connectivity index (χ0n) is 20.6. The maximum Gasteiger partial charge on any atom is 0.262 e. The summed E-state index contributed by atoms with van der Waals surface area (Å²) in [7, 11) is 0. The fraction of sp³-hybridized carbons (Fsp3) is 0.520. The molecule has 1 spiro atoms. The number of hydrogen-bond acceptors (Lipinski definition) is 7. The van der Waals surface area contributed by atoms with E-state index in [1.165, 1.54) is 12.3 Å². The molecule has 2 aliphatic heterocycles. The van der Waals surface area contributed by atoms with E-state index in [1.807, 2.05) is 6.92 Å². The smallest absolute Gasteiger partial charge is 0.262 e. The first-order valence-corrected chi connectivity index (χ1v) is 12.2. The monoisotopic (exact) mass is 481 g/mol. The van der Waals surface area contributed by atoms with Crippen LogP contribution in [0.5, 0.6) is 5.88 Å². The van der Waals surface area contributed by atoms with Gasteiger partial charge in [-0.3, -0.25) is 4.79 Å². The molecule has 3 aromatic heterocycles. The van der Waals surface area contributed by atoms with Crippen LogP contribution in [0.4, 0.5) is 16.0 Å². The Bertz CT molecular complexity index is 1250. The van der Waals surface area contributed by atoms with Crippen molar-refractivity contribution in [1.29, 1.82) is 0 Å². The summed E-state index contributed by atoms with van der Waals surface area (Å²) in [6.07, 6.45) is 6.98. The standard InChI is InChI=1S/C25H32FN7O2/c1-5-35-23-18(22(34)30-17-10-19(26)21-29-16(4)12-33(21)13-17)11-27-24(31-23)32-8-6-25(7-9-32)14-28-20(25)15(2)3/h10-13,15,20,28H,5-9,14H2,1-4H3,(H,30,34). The largest absolute Gasteiger partial charge is 0.477 e. The van der Waals surface area contributed by atoms with Crippen LogP contribution in [0, 0.1) is 24.1 Å². The van der Waals surface area contributed by atoms with E-state index in [0.717, 1.165) is 32.5 Å². The third kappa shape index (κ3) is 4.31. The summed E-state index contributed by atoms with van der Waals surface area (Å²) in [5.41, 5.74) is 1.77. The molecule has 0 aromatic carbocycles. The van der Waals surface area contributed by atoms with Gasteiger partial charge in [0.1, 0.15) is 5.56 Å². The van der Waals surface area contributed by atoms with Gasteiger partial charge < -0.3 is 24.7 Å². The molecular weight excluding hydrogens is 449 g/mol. The zero-order chi connectivity index (χ0) is 24.7. The molecule has 2 fully saturated rings. The van der Waals surface area contributed by atoms with E-state index in [9.17, 15) is 9.18 Å². The summed E-state index contributed by atoms with van der Waals surface area (Å²) in [5.74, 6) is 0.418. The molecule has 9 nitrogen and oxygen atoms in total. The van der Waals surface area contributed by atoms with E-state index in [2.05, 4.69) is 44.3 Å². The molecule has 1 unspecified atom stereocenters. The van der Waals surface area contributed by atoms with Gasteiger partial charge in [0.15, 0.2) is 11.5 Å². The number of pyridine rings is 1. The number of nitrogens with zero attached hydrogens (tertiary/aromatic N) is 5. The van der Waals surface area contributed by atoms with E-state index < -0.39 is 11.7 Å². The molecule has 0 saturated carbocycles. The van der Waals surface area contributed by atoms with Crippen molar-refractivity contribution in [3.05, 3.63) is 41.7 Å². The maximum absolute atomic E-state index is 14.4. The van der Waals surface area contributed by atoms with Crippen LogP contribution in [0.15, 0.2) is 24.7 Å². The van der Waals surface area contributed by atoms with Gasteiger partial charge in [-0.2, -0.15) is 4.98 Å². The van der Waals surface area contributed by atoms with Gasteiger partial charge in [0.05, 0.1) is 18.0 Å². The number of hydrogen-bond donors (Lipinski definition) is 2. The highest BCUT2D eigenvalue weighted by Gasteiger charge is 2.49. The highest BCUT2D eigenvalue weighted by Crippen LogP contribution is 2.43. The highest BCUT2D eigenvalue weighted by atomic mass is 19.1. The second-order valence-corrected chi connectivity index (χ2v) is 9.92. The average molecular weight is 482 g/mol.